The molecule has 0 spiro atoms. The minimum Gasteiger partial charge on any atom is -0.465 e. The average molecular weight is 454 g/mol. The minimum atomic E-state index is -0.468. The number of benzene rings is 2. The van der Waals surface area contributed by atoms with E-state index in [-0.39, 0.29) is 17.6 Å². The Morgan fingerprint density at radius 3 is 2.44 bits per heavy atom. The van der Waals surface area contributed by atoms with Gasteiger partial charge in [0, 0.05) is 30.4 Å². The molecule has 0 fully saturated rings. The molecule has 0 saturated heterocycles. The molecule has 9 nitrogen and oxygen atoms in total. The van der Waals surface area contributed by atoms with Crippen molar-refractivity contribution in [3.63, 3.8) is 0 Å². The number of ether oxygens (including phenoxy) is 1. The summed E-state index contributed by atoms with van der Waals surface area (Å²) in [6, 6.07) is 13.9. The Hall–Kier alpha value is -3.66. The zero-order chi connectivity index (χ0) is 23.1. The van der Waals surface area contributed by atoms with Gasteiger partial charge in [0.2, 0.25) is 11.8 Å². The predicted molar refractivity (Wildman–Crippen MR) is 123 cm³/mol. The van der Waals surface area contributed by atoms with E-state index in [2.05, 4.69) is 20.8 Å². The number of thioether (sulfide) groups is 1. The third-order valence-electron chi connectivity index (χ3n) is 4.40. The third-order valence-corrected chi connectivity index (χ3v) is 5.36. The zero-order valence-corrected chi connectivity index (χ0v) is 18.7. The second kappa shape index (κ2) is 10.6. The topological polar surface area (TPSA) is 115 Å². The van der Waals surface area contributed by atoms with Gasteiger partial charge in [-0.1, -0.05) is 17.8 Å². The largest absolute Gasteiger partial charge is 0.465 e. The molecule has 0 saturated carbocycles. The number of anilines is 2. The number of carbonyl (C=O) groups is 3. The fraction of sp³-hybridized carbons (Fsp3) is 0.227. The smallest absolute Gasteiger partial charge is 0.337 e. The molecular weight excluding hydrogens is 430 g/mol. The van der Waals surface area contributed by atoms with Gasteiger partial charge in [-0.2, -0.15) is 0 Å². The number of esters is 1. The predicted octanol–water partition coefficient (Wildman–Crippen LogP) is 3.44. The molecule has 0 atom stereocenters. The summed E-state index contributed by atoms with van der Waals surface area (Å²) in [6.07, 6.45) is 0. The lowest BCUT2D eigenvalue weighted by atomic mass is 10.2. The van der Waals surface area contributed by atoms with Gasteiger partial charge >= 0.3 is 5.97 Å². The molecule has 0 aliphatic carbocycles. The Labute approximate surface area is 189 Å². The van der Waals surface area contributed by atoms with E-state index in [1.165, 1.54) is 25.8 Å². The second-order valence-corrected chi connectivity index (χ2v) is 7.66. The molecule has 0 unspecified atom stereocenters. The molecule has 2 amide bonds. The summed E-state index contributed by atoms with van der Waals surface area (Å²) in [6.45, 7) is 4.05. The first-order chi connectivity index (χ1) is 15.4. The van der Waals surface area contributed by atoms with Crippen LogP contribution in [0, 0.1) is 0 Å². The number of hydrogen-bond donors (Lipinski definition) is 2. The number of aromatic nitrogens is 3. The molecular formula is C22H23N5O4S. The lowest BCUT2D eigenvalue weighted by Gasteiger charge is -2.09. The van der Waals surface area contributed by atoms with Crippen LogP contribution < -0.4 is 10.6 Å². The van der Waals surface area contributed by atoms with Crippen molar-refractivity contribution in [3.8, 4) is 11.4 Å². The summed E-state index contributed by atoms with van der Waals surface area (Å²) < 4.78 is 6.62. The van der Waals surface area contributed by atoms with Crippen LogP contribution in [0.15, 0.2) is 53.7 Å². The lowest BCUT2D eigenvalue weighted by Crippen LogP contribution is -2.15. The van der Waals surface area contributed by atoms with Crippen LogP contribution in [0.4, 0.5) is 11.4 Å². The summed E-state index contributed by atoms with van der Waals surface area (Å²) in [5.41, 5.74) is 2.42. The summed E-state index contributed by atoms with van der Waals surface area (Å²) in [4.78, 5) is 35.2. The van der Waals surface area contributed by atoms with Gasteiger partial charge in [0.15, 0.2) is 11.0 Å². The monoisotopic (exact) mass is 453 g/mol. The van der Waals surface area contributed by atoms with E-state index < -0.39 is 5.97 Å². The van der Waals surface area contributed by atoms with Crippen LogP contribution >= 0.6 is 11.8 Å². The van der Waals surface area contributed by atoms with Crippen LogP contribution in [-0.4, -0.2) is 45.4 Å². The van der Waals surface area contributed by atoms with Crippen LogP contribution in [0.25, 0.3) is 11.4 Å². The fourth-order valence-corrected chi connectivity index (χ4v) is 3.77. The number of carbonyl (C=O) groups excluding carboxylic acids is 3. The molecule has 1 heterocycles. The van der Waals surface area contributed by atoms with Gasteiger partial charge in [0.05, 0.1) is 18.4 Å². The van der Waals surface area contributed by atoms with Gasteiger partial charge in [-0.25, -0.2) is 4.79 Å². The molecule has 2 aromatic carbocycles. The van der Waals surface area contributed by atoms with Crippen molar-refractivity contribution in [1.29, 1.82) is 0 Å². The first-order valence-corrected chi connectivity index (χ1v) is 10.8. The fourth-order valence-electron chi connectivity index (χ4n) is 2.97. The zero-order valence-electron chi connectivity index (χ0n) is 17.9. The number of nitrogens with one attached hydrogen (secondary N) is 2. The Bertz CT molecular complexity index is 1130. The van der Waals surface area contributed by atoms with E-state index >= 15 is 0 Å². The molecule has 0 radical (unpaired) electrons. The van der Waals surface area contributed by atoms with Gasteiger partial charge < -0.3 is 19.9 Å². The summed E-state index contributed by atoms with van der Waals surface area (Å²) in [5, 5.41) is 14.6. The van der Waals surface area contributed by atoms with Gasteiger partial charge in [-0.3, -0.25) is 9.59 Å². The van der Waals surface area contributed by atoms with Gasteiger partial charge in [-0.05, 0) is 49.4 Å². The van der Waals surface area contributed by atoms with Crippen LogP contribution in [0.3, 0.4) is 0 Å². The lowest BCUT2D eigenvalue weighted by molar-refractivity contribution is -0.114. The van der Waals surface area contributed by atoms with Crippen molar-refractivity contribution in [1.82, 2.24) is 14.8 Å². The van der Waals surface area contributed by atoms with Gasteiger partial charge in [0.25, 0.3) is 0 Å². The van der Waals surface area contributed by atoms with Gasteiger partial charge in [-0.15, -0.1) is 10.2 Å². The maximum atomic E-state index is 12.4. The van der Waals surface area contributed by atoms with Crippen molar-refractivity contribution in [2.75, 3.05) is 23.5 Å². The molecule has 0 aliphatic heterocycles. The first kappa shape index (κ1) is 23.0. The maximum absolute atomic E-state index is 12.4. The quantitative estimate of drug-likeness (QED) is 0.396. The molecule has 0 aliphatic rings. The normalized spacial score (nSPS) is 10.5. The SMILES string of the molecule is CCn1c(SCC(=O)Nc2cccc(C(=O)OC)c2)nnc1-c1ccc(NC(C)=O)cc1. The highest BCUT2D eigenvalue weighted by Crippen LogP contribution is 2.25. The average Bonchev–Trinajstić information content (AvgIpc) is 3.20. The Morgan fingerprint density at radius 1 is 1.03 bits per heavy atom. The molecule has 166 valence electrons. The molecule has 3 rings (SSSR count). The van der Waals surface area contributed by atoms with E-state index in [1.54, 1.807) is 36.4 Å². The molecule has 3 aromatic rings. The number of methoxy groups -OCH3 is 1. The van der Waals surface area contributed by atoms with E-state index in [4.69, 9.17) is 4.74 Å². The molecule has 0 bridgehead atoms. The highest BCUT2D eigenvalue weighted by molar-refractivity contribution is 7.99. The van der Waals surface area contributed by atoms with Crippen LogP contribution in [-0.2, 0) is 20.9 Å². The number of rotatable bonds is 8. The summed E-state index contributed by atoms with van der Waals surface area (Å²) >= 11 is 1.27. The summed E-state index contributed by atoms with van der Waals surface area (Å²) in [5.74, 6) is -0.0331. The minimum absolute atomic E-state index is 0.127. The van der Waals surface area contributed by atoms with Crippen molar-refractivity contribution in [2.24, 2.45) is 0 Å². The molecule has 2 N–H and O–H groups in total. The van der Waals surface area contributed by atoms with E-state index in [9.17, 15) is 14.4 Å². The Morgan fingerprint density at radius 2 is 1.78 bits per heavy atom. The Balaban J connectivity index is 1.66. The third kappa shape index (κ3) is 5.73. The van der Waals surface area contributed by atoms with E-state index in [0.29, 0.717) is 34.5 Å². The van der Waals surface area contributed by atoms with Crippen molar-refractivity contribution >= 4 is 40.9 Å². The van der Waals surface area contributed by atoms with Crippen LogP contribution in [0.5, 0.6) is 0 Å². The van der Waals surface area contributed by atoms with E-state index in [0.717, 1.165) is 5.56 Å². The highest BCUT2D eigenvalue weighted by Gasteiger charge is 2.15. The van der Waals surface area contributed by atoms with Crippen LogP contribution in [0.2, 0.25) is 0 Å². The van der Waals surface area contributed by atoms with Crippen molar-refractivity contribution in [3.05, 3.63) is 54.1 Å². The summed E-state index contributed by atoms with van der Waals surface area (Å²) in [7, 11) is 1.31. The number of hydrogen-bond acceptors (Lipinski definition) is 7. The van der Waals surface area contributed by atoms with Crippen LogP contribution in [0.1, 0.15) is 24.2 Å². The standard InChI is InChI=1S/C22H23N5O4S/c1-4-27-20(15-8-10-17(11-9-15)23-14(2)28)25-26-22(27)32-13-19(29)24-18-7-5-6-16(12-18)21(30)31-3/h5-12H,4,13H2,1-3H3,(H,23,28)(H,24,29). The Kier molecular flexibility index (Phi) is 7.61. The molecule has 10 heteroatoms. The van der Waals surface area contributed by atoms with E-state index in [1.807, 2.05) is 23.6 Å². The first-order valence-electron chi connectivity index (χ1n) is 9.83. The molecule has 32 heavy (non-hydrogen) atoms. The number of nitrogens with zero attached hydrogens (tertiary/aromatic N) is 3. The number of amides is 2. The van der Waals surface area contributed by atoms with Crippen molar-refractivity contribution in [2.45, 2.75) is 25.5 Å². The second-order valence-electron chi connectivity index (χ2n) is 6.72. The van der Waals surface area contributed by atoms with Gasteiger partial charge in [0.1, 0.15) is 0 Å². The highest BCUT2D eigenvalue weighted by atomic mass is 32.2. The molecule has 1 aromatic heterocycles. The maximum Gasteiger partial charge on any atom is 0.337 e. The van der Waals surface area contributed by atoms with Crippen molar-refractivity contribution < 1.29 is 19.1 Å².